The van der Waals surface area contributed by atoms with E-state index in [0.29, 0.717) is 45.2 Å². The van der Waals surface area contributed by atoms with Crippen LogP contribution in [-0.4, -0.2) is 25.3 Å². The lowest BCUT2D eigenvalue weighted by molar-refractivity contribution is -0.123. The number of amides is 1. The second-order valence-electron chi connectivity index (χ2n) is 5.76. The molecule has 0 fully saturated rings. The van der Waals surface area contributed by atoms with Gasteiger partial charge in [0.05, 0.1) is 22.9 Å². The highest BCUT2D eigenvalue weighted by Gasteiger charge is 2.10. The van der Waals surface area contributed by atoms with E-state index < -0.39 is 5.91 Å². The van der Waals surface area contributed by atoms with E-state index in [-0.39, 0.29) is 6.61 Å². The molecule has 0 bridgehead atoms. The molecule has 0 atom stereocenters. The molecular formula is C21H18Cl2N2O4. The number of nitrogens with zero attached hydrogens (tertiary/aromatic N) is 1. The molecule has 150 valence electrons. The van der Waals surface area contributed by atoms with Crippen molar-refractivity contribution in [1.82, 2.24) is 5.43 Å². The number of nitrogens with one attached hydrogen (secondary N) is 1. The monoisotopic (exact) mass is 432 g/mol. The van der Waals surface area contributed by atoms with E-state index in [0.717, 1.165) is 0 Å². The van der Waals surface area contributed by atoms with Crippen LogP contribution in [0.4, 0.5) is 0 Å². The van der Waals surface area contributed by atoms with E-state index in [1.165, 1.54) is 6.21 Å². The summed E-state index contributed by atoms with van der Waals surface area (Å²) in [4.78, 5) is 11.9. The Balaban J connectivity index is 1.55. The first-order chi connectivity index (χ1) is 14.1. The van der Waals surface area contributed by atoms with Crippen LogP contribution < -0.4 is 14.9 Å². The summed E-state index contributed by atoms with van der Waals surface area (Å²) in [6.45, 7) is 2.17. The minimum absolute atomic E-state index is 0.205. The molecule has 2 aromatic carbocycles. The Labute approximate surface area is 178 Å². The molecule has 0 aliphatic rings. The van der Waals surface area contributed by atoms with Crippen LogP contribution in [0.5, 0.6) is 11.5 Å². The van der Waals surface area contributed by atoms with Gasteiger partial charge < -0.3 is 13.9 Å². The molecule has 1 N–H and O–H groups in total. The lowest BCUT2D eigenvalue weighted by Crippen LogP contribution is -2.24. The first-order valence-corrected chi connectivity index (χ1v) is 9.55. The number of ether oxygens (including phenoxy) is 2. The van der Waals surface area contributed by atoms with Crippen LogP contribution in [0, 0.1) is 0 Å². The molecule has 6 nitrogen and oxygen atoms in total. The van der Waals surface area contributed by atoms with Gasteiger partial charge in [-0.15, -0.1) is 0 Å². The van der Waals surface area contributed by atoms with Crippen molar-refractivity contribution in [3.8, 4) is 22.8 Å². The number of para-hydroxylation sites is 2. The Hall–Kier alpha value is -2.96. The Morgan fingerprint density at radius 1 is 1.07 bits per heavy atom. The van der Waals surface area contributed by atoms with Crippen molar-refractivity contribution in [3.05, 3.63) is 70.4 Å². The fraction of sp³-hybridized carbons (Fsp3) is 0.143. The maximum atomic E-state index is 11.9. The molecule has 0 saturated heterocycles. The summed E-state index contributed by atoms with van der Waals surface area (Å²) in [7, 11) is 0. The number of rotatable bonds is 8. The fourth-order valence-corrected chi connectivity index (χ4v) is 2.84. The Kier molecular flexibility index (Phi) is 7.16. The topological polar surface area (TPSA) is 73.1 Å². The van der Waals surface area contributed by atoms with Crippen LogP contribution >= 0.6 is 23.2 Å². The maximum absolute atomic E-state index is 11.9. The third-order valence-corrected chi connectivity index (χ3v) is 4.55. The van der Waals surface area contributed by atoms with Gasteiger partial charge in [0.15, 0.2) is 18.1 Å². The molecule has 3 aromatic rings. The molecule has 1 heterocycles. The molecule has 0 unspecified atom stereocenters. The van der Waals surface area contributed by atoms with Gasteiger partial charge in [-0.25, -0.2) is 5.43 Å². The molecule has 0 spiro atoms. The van der Waals surface area contributed by atoms with Crippen molar-refractivity contribution >= 4 is 35.3 Å². The number of hydrazone groups is 1. The second-order valence-corrected chi connectivity index (χ2v) is 6.55. The number of hydrogen-bond acceptors (Lipinski definition) is 5. The third kappa shape index (κ3) is 5.53. The SMILES string of the molecule is CCOc1ccccc1OCC(=O)N/N=C\c1ccc(-c2cccc(Cl)c2Cl)o1. The van der Waals surface area contributed by atoms with Crippen LogP contribution in [0.15, 0.2) is 64.1 Å². The predicted molar refractivity (Wildman–Crippen MR) is 113 cm³/mol. The Bertz CT molecular complexity index is 1020. The third-order valence-electron chi connectivity index (χ3n) is 3.73. The predicted octanol–water partition coefficient (Wildman–Crippen LogP) is 5.18. The molecule has 1 amide bonds. The summed E-state index contributed by atoms with van der Waals surface area (Å²) in [6.07, 6.45) is 1.38. The molecule has 1 aromatic heterocycles. The highest BCUT2D eigenvalue weighted by Crippen LogP contribution is 2.34. The Morgan fingerprint density at radius 2 is 1.83 bits per heavy atom. The zero-order valence-electron chi connectivity index (χ0n) is 15.5. The highest BCUT2D eigenvalue weighted by atomic mass is 35.5. The molecule has 0 aliphatic heterocycles. The average Bonchev–Trinajstić information content (AvgIpc) is 3.18. The van der Waals surface area contributed by atoms with Gasteiger partial charge in [-0.3, -0.25) is 4.79 Å². The summed E-state index contributed by atoms with van der Waals surface area (Å²) >= 11 is 12.2. The normalized spacial score (nSPS) is 10.9. The zero-order chi connectivity index (χ0) is 20.6. The van der Waals surface area contributed by atoms with Crippen molar-refractivity contribution in [2.24, 2.45) is 5.10 Å². The van der Waals surface area contributed by atoms with Crippen molar-refractivity contribution in [1.29, 1.82) is 0 Å². The minimum Gasteiger partial charge on any atom is -0.490 e. The van der Waals surface area contributed by atoms with Crippen LogP contribution in [0.2, 0.25) is 10.0 Å². The largest absolute Gasteiger partial charge is 0.490 e. The molecule has 29 heavy (non-hydrogen) atoms. The summed E-state index contributed by atoms with van der Waals surface area (Å²) in [5.41, 5.74) is 3.05. The molecule has 3 rings (SSSR count). The molecule has 0 aliphatic carbocycles. The van der Waals surface area contributed by atoms with Crippen LogP contribution in [0.25, 0.3) is 11.3 Å². The van der Waals surface area contributed by atoms with E-state index in [4.69, 9.17) is 37.1 Å². The van der Waals surface area contributed by atoms with Gasteiger partial charge in [-0.1, -0.05) is 41.4 Å². The van der Waals surface area contributed by atoms with E-state index in [1.54, 1.807) is 48.5 Å². The van der Waals surface area contributed by atoms with Gasteiger partial charge in [0.1, 0.15) is 11.5 Å². The zero-order valence-corrected chi connectivity index (χ0v) is 17.0. The lowest BCUT2D eigenvalue weighted by Gasteiger charge is -2.10. The van der Waals surface area contributed by atoms with E-state index in [9.17, 15) is 4.79 Å². The van der Waals surface area contributed by atoms with Crippen molar-refractivity contribution in [3.63, 3.8) is 0 Å². The number of benzene rings is 2. The summed E-state index contributed by atoms with van der Waals surface area (Å²) in [5.74, 6) is 1.63. The van der Waals surface area contributed by atoms with E-state index >= 15 is 0 Å². The minimum atomic E-state index is -0.419. The second kappa shape index (κ2) is 10.0. The Morgan fingerprint density at radius 3 is 2.59 bits per heavy atom. The standard InChI is InChI=1S/C21H18Cl2N2O4/c1-2-27-18-8-3-4-9-19(18)28-13-20(26)25-24-12-14-10-11-17(29-14)15-6-5-7-16(22)21(15)23/h3-12H,2,13H2,1H3,(H,25,26)/b24-12-. The first kappa shape index (κ1) is 20.8. The van der Waals surface area contributed by atoms with Crippen molar-refractivity contribution in [2.75, 3.05) is 13.2 Å². The van der Waals surface area contributed by atoms with E-state index in [1.807, 2.05) is 13.0 Å². The van der Waals surface area contributed by atoms with Crippen LogP contribution in [-0.2, 0) is 4.79 Å². The molecule has 0 saturated carbocycles. The van der Waals surface area contributed by atoms with Gasteiger partial charge in [0.25, 0.3) is 5.91 Å². The van der Waals surface area contributed by atoms with Crippen LogP contribution in [0.3, 0.4) is 0 Å². The van der Waals surface area contributed by atoms with Crippen molar-refractivity contribution in [2.45, 2.75) is 6.92 Å². The highest BCUT2D eigenvalue weighted by molar-refractivity contribution is 6.43. The van der Waals surface area contributed by atoms with Gasteiger partial charge >= 0.3 is 0 Å². The number of furan rings is 1. The van der Waals surface area contributed by atoms with Gasteiger partial charge in [0, 0.05) is 5.56 Å². The van der Waals surface area contributed by atoms with Gasteiger partial charge in [0.2, 0.25) is 0 Å². The maximum Gasteiger partial charge on any atom is 0.277 e. The summed E-state index contributed by atoms with van der Waals surface area (Å²) < 4.78 is 16.6. The van der Waals surface area contributed by atoms with Crippen molar-refractivity contribution < 1.29 is 18.7 Å². The smallest absolute Gasteiger partial charge is 0.277 e. The number of carbonyl (C=O) groups is 1. The number of halogens is 2. The quantitative estimate of drug-likeness (QED) is 0.393. The van der Waals surface area contributed by atoms with Gasteiger partial charge in [-0.2, -0.15) is 5.10 Å². The first-order valence-electron chi connectivity index (χ1n) is 8.79. The summed E-state index contributed by atoms with van der Waals surface area (Å²) in [5, 5.41) is 4.72. The lowest BCUT2D eigenvalue weighted by atomic mass is 10.2. The summed E-state index contributed by atoms with van der Waals surface area (Å²) in [6, 6.07) is 15.9. The molecule has 0 radical (unpaired) electrons. The molecular weight excluding hydrogens is 415 g/mol. The fourth-order valence-electron chi connectivity index (χ4n) is 2.45. The number of carbonyl (C=O) groups excluding carboxylic acids is 1. The van der Waals surface area contributed by atoms with E-state index in [2.05, 4.69) is 10.5 Å². The van der Waals surface area contributed by atoms with Crippen LogP contribution in [0.1, 0.15) is 12.7 Å². The average molecular weight is 433 g/mol. The number of hydrogen-bond donors (Lipinski definition) is 1. The molecule has 8 heteroatoms. The van der Waals surface area contributed by atoms with Gasteiger partial charge in [-0.05, 0) is 43.3 Å².